The van der Waals surface area contributed by atoms with E-state index in [1.807, 2.05) is 7.05 Å². The minimum Gasteiger partial charge on any atom is -0.336 e. The molecular weight excluding hydrogens is 319 g/mol. The van der Waals surface area contributed by atoms with Crippen LogP contribution >= 0.6 is 11.6 Å². The third kappa shape index (κ3) is 3.48. The molecule has 3 rings (SSSR count). The van der Waals surface area contributed by atoms with Crippen LogP contribution in [0, 0.1) is 5.82 Å². The van der Waals surface area contributed by atoms with E-state index in [1.54, 1.807) is 23.1 Å². The molecule has 1 aromatic carbocycles. The Balaban J connectivity index is 1.81. The van der Waals surface area contributed by atoms with Gasteiger partial charge in [0.05, 0.1) is 11.3 Å². The van der Waals surface area contributed by atoms with Gasteiger partial charge in [-0.05, 0) is 31.3 Å². The number of aromatic nitrogens is 2. The number of nitrogens with zero attached hydrogens (tertiary/aromatic N) is 4. The molecule has 1 amide bonds. The van der Waals surface area contributed by atoms with Crippen LogP contribution in [0.4, 0.5) is 4.39 Å². The lowest BCUT2D eigenvalue weighted by atomic mass is 10.1. The first-order valence-electron chi connectivity index (χ1n) is 7.31. The third-order valence-electron chi connectivity index (χ3n) is 3.92. The van der Waals surface area contributed by atoms with Crippen LogP contribution in [0.25, 0.3) is 11.3 Å². The fourth-order valence-electron chi connectivity index (χ4n) is 2.50. The molecule has 2 aromatic rings. The normalized spacial score (nSPS) is 15.7. The standard InChI is InChI=1S/C16H16ClFN4O/c1-21-6-8-22(9-7-21)16(23)12-3-2-11(10-13(12)18)14-4-5-15(17)20-19-14/h2-5,10H,6-9H2,1H3. The maximum absolute atomic E-state index is 14.4. The van der Waals surface area contributed by atoms with Crippen molar-refractivity contribution in [2.75, 3.05) is 33.2 Å². The molecule has 0 aliphatic carbocycles. The summed E-state index contributed by atoms with van der Waals surface area (Å²) < 4.78 is 14.4. The van der Waals surface area contributed by atoms with E-state index in [2.05, 4.69) is 15.1 Å². The Labute approximate surface area is 138 Å². The Morgan fingerprint density at radius 3 is 2.48 bits per heavy atom. The van der Waals surface area contributed by atoms with Crippen LogP contribution in [0.2, 0.25) is 5.15 Å². The monoisotopic (exact) mass is 334 g/mol. The summed E-state index contributed by atoms with van der Waals surface area (Å²) in [5.41, 5.74) is 1.15. The highest BCUT2D eigenvalue weighted by Gasteiger charge is 2.23. The first-order valence-corrected chi connectivity index (χ1v) is 7.69. The summed E-state index contributed by atoms with van der Waals surface area (Å²) in [4.78, 5) is 16.3. The Hall–Kier alpha value is -2.05. The zero-order valence-electron chi connectivity index (χ0n) is 12.7. The van der Waals surface area contributed by atoms with Gasteiger partial charge in [-0.15, -0.1) is 10.2 Å². The minimum atomic E-state index is -0.553. The molecule has 0 atom stereocenters. The summed E-state index contributed by atoms with van der Waals surface area (Å²) in [6.45, 7) is 2.82. The molecule has 23 heavy (non-hydrogen) atoms. The molecule has 0 bridgehead atoms. The van der Waals surface area contributed by atoms with Crippen LogP contribution < -0.4 is 0 Å². The molecular formula is C16H16ClFN4O. The van der Waals surface area contributed by atoms with E-state index >= 15 is 0 Å². The Morgan fingerprint density at radius 1 is 1.13 bits per heavy atom. The maximum Gasteiger partial charge on any atom is 0.256 e. The zero-order valence-corrected chi connectivity index (χ0v) is 13.4. The smallest absolute Gasteiger partial charge is 0.256 e. The molecule has 1 aromatic heterocycles. The van der Waals surface area contributed by atoms with Gasteiger partial charge in [0.25, 0.3) is 5.91 Å². The van der Waals surface area contributed by atoms with Gasteiger partial charge in [0, 0.05) is 31.7 Å². The summed E-state index contributed by atoms with van der Waals surface area (Å²) >= 11 is 5.69. The summed E-state index contributed by atoms with van der Waals surface area (Å²) in [5, 5.41) is 7.92. The molecule has 1 fully saturated rings. The van der Waals surface area contributed by atoms with Crippen molar-refractivity contribution < 1.29 is 9.18 Å². The van der Waals surface area contributed by atoms with Crippen molar-refractivity contribution in [2.24, 2.45) is 0 Å². The number of hydrogen-bond acceptors (Lipinski definition) is 4. The van der Waals surface area contributed by atoms with Crippen LogP contribution in [-0.2, 0) is 0 Å². The van der Waals surface area contributed by atoms with Gasteiger partial charge in [-0.25, -0.2) is 4.39 Å². The van der Waals surface area contributed by atoms with E-state index in [9.17, 15) is 9.18 Å². The second-order valence-electron chi connectivity index (χ2n) is 5.53. The van der Waals surface area contributed by atoms with Crippen molar-refractivity contribution in [3.63, 3.8) is 0 Å². The fourth-order valence-corrected chi connectivity index (χ4v) is 2.60. The van der Waals surface area contributed by atoms with E-state index in [4.69, 9.17) is 11.6 Å². The Bertz CT molecular complexity index is 715. The Kier molecular flexibility index (Phi) is 4.54. The maximum atomic E-state index is 14.4. The number of likely N-dealkylation sites (N-methyl/N-ethyl adjacent to an activating group) is 1. The number of rotatable bonds is 2. The van der Waals surface area contributed by atoms with E-state index in [-0.39, 0.29) is 16.6 Å². The zero-order chi connectivity index (χ0) is 16.4. The van der Waals surface area contributed by atoms with Gasteiger partial charge in [-0.2, -0.15) is 0 Å². The minimum absolute atomic E-state index is 0.0835. The third-order valence-corrected chi connectivity index (χ3v) is 4.12. The summed E-state index contributed by atoms with van der Waals surface area (Å²) in [6, 6.07) is 7.73. The number of amides is 1. The predicted octanol–water partition coefficient (Wildman–Crippen LogP) is 2.32. The molecule has 1 aliphatic rings. The summed E-state index contributed by atoms with van der Waals surface area (Å²) in [6.07, 6.45) is 0. The van der Waals surface area contributed by atoms with Crippen LogP contribution in [0.3, 0.4) is 0 Å². The van der Waals surface area contributed by atoms with Gasteiger partial charge in [0.2, 0.25) is 0 Å². The second-order valence-corrected chi connectivity index (χ2v) is 5.92. The predicted molar refractivity (Wildman–Crippen MR) is 85.8 cm³/mol. The lowest BCUT2D eigenvalue weighted by molar-refractivity contribution is 0.0659. The summed E-state index contributed by atoms with van der Waals surface area (Å²) in [5.74, 6) is -0.826. The SMILES string of the molecule is CN1CCN(C(=O)c2ccc(-c3ccc(Cl)nn3)cc2F)CC1. The van der Waals surface area contributed by atoms with E-state index < -0.39 is 5.82 Å². The van der Waals surface area contributed by atoms with Gasteiger partial charge in [0.15, 0.2) is 5.15 Å². The highest BCUT2D eigenvalue weighted by Crippen LogP contribution is 2.21. The Morgan fingerprint density at radius 2 is 1.87 bits per heavy atom. The second kappa shape index (κ2) is 6.60. The average molecular weight is 335 g/mol. The average Bonchev–Trinajstić information content (AvgIpc) is 2.55. The lowest BCUT2D eigenvalue weighted by Crippen LogP contribution is -2.47. The summed E-state index contributed by atoms with van der Waals surface area (Å²) in [7, 11) is 2.00. The van der Waals surface area contributed by atoms with Gasteiger partial charge in [0.1, 0.15) is 5.82 Å². The molecule has 0 unspecified atom stereocenters. The van der Waals surface area contributed by atoms with Gasteiger partial charge >= 0.3 is 0 Å². The number of halogens is 2. The molecule has 2 heterocycles. The molecule has 7 heteroatoms. The number of piperazine rings is 1. The van der Waals surface area contributed by atoms with Crippen molar-refractivity contribution in [1.82, 2.24) is 20.0 Å². The van der Waals surface area contributed by atoms with Crippen molar-refractivity contribution in [3.8, 4) is 11.3 Å². The number of carbonyl (C=O) groups is 1. The van der Waals surface area contributed by atoms with Gasteiger partial charge in [-0.3, -0.25) is 4.79 Å². The van der Waals surface area contributed by atoms with Crippen LogP contribution in [0.5, 0.6) is 0 Å². The fraction of sp³-hybridized carbons (Fsp3) is 0.312. The molecule has 1 aliphatic heterocycles. The highest BCUT2D eigenvalue weighted by atomic mass is 35.5. The van der Waals surface area contributed by atoms with Crippen LogP contribution in [-0.4, -0.2) is 59.1 Å². The first kappa shape index (κ1) is 15.8. The first-order chi connectivity index (χ1) is 11.0. The molecule has 120 valence electrons. The van der Waals surface area contributed by atoms with Crippen molar-refractivity contribution >= 4 is 17.5 Å². The van der Waals surface area contributed by atoms with Gasteiger partial charge < -0.3 is 9.80 Å². The molecule has 1 saturated heterocycles. The molecule has 5 nitrogen and oxygen atoms in total. The van der Waals surface area contributed by atoms with E-state index in [0.717, 1.165) is 13.1 Å². The van der Waals surface area contributed by atoms with Crippen LogP contribution in [0.15, 0.2) is 30.3 Å². The van der Waals surface area contributed by atoms with Crippen molar-refractivity contribution in [3.05, 3.63) is 46.9 Å². The highest BCUT2D eigenvalue weighted by molar-refractivity contribution is 6.29. The largest absolute Gasteiger partial charge is 0.336 e. The number of hydrogen-bond donors (Lipinski definition) is 0. The number of benzene rings is 1. The lowest BCUT2D eigenvalue weighted by Gasteiger charge is -2.32. The molecule has 0 spiro atoms. The van der Waals surface area contributed by atoms with Crippen molar-refractivity contribution in [1.29, 1.82) is 0 Å². The molecule has 0 N–H and O–H groups in total. The number of carbonyl (C=O) groups excluding carboxylic acids is 1. The quantitative estimate of drug-likeness (QED) is 0.845. The van der Waals surface area contributed by atoms with E-state index in [0.29, 0.717) is 24.3 Å². The van der Waals surface area contributed by atoms with Crippen molar-refractivity contribution in [2.45, 2.75) is 0 Å². The molecule has 0 saturated carbocycles. The van der Waals surface area contributed by atoms with Gasteiger partial charge in [-0.1, -0.05) is 17.7 Å². The van der Waals surface area contributed by atoms with Crippen LogP contribution in [0.1, 0.15) is 10.4 Å². The van der Waals surface area contributed by atoms with E-state index in [1.165, 1.54) is 12.1 Å². The topological polar surface area (TPSA) is 49.3 Å². The molecule has 0 radical (unpaired) electrons.